The van der Waals surface area contributed by atoms with Gasteiger partial charge in [-0.3, -0.25) is 0 Å². The van der Waals surface area contributed by atoms with Crippen molar-refractivity contribution in [3.8, 4) is 16.9 Å². The van der Waals surface area contributed by atoms with Crippen LogP contribution in [0.1, 0.15) is 20.3 Å². The summed E-state index contributed by atoms with van der Waals surface area (Å²) in [5.41, 5.74) is 2.02. The van der Waals surface area contributed by atoms with Crippen LogP contribution < -0.4 is 4.74 Å². The predicted molar refractivity (Wildman–Crippen MR) is 100 cm³/mol. The van der Waals surface area contributed by atoms with Gasteiger partial charge in [-0.1, -0.05) is 38.1 Å². The van der Waals surface area contributed by atoms with Gasteiger partial charge in [-0.05, 0) is 53.6 Å². The Morgan fingerprint density at radius 2 is 1.36 bits per heavy atom. The minimum atomic E-state index is -3.42. The standard InChI is InChI=1S/C20H25NO3S/c1-15-12-16(2)14-21(13-15)25(22,23)20-10-6-18(7-11-20)17-4-8-19(24-3)9-5-17/h4-11,15-16H,12-14H2,1-3H3. The molecule has 1 heterocycles. The maximum Gasteiger partial charge on any atom is 0.243 e. The molecule has 4 nitrogen and oxygen atoms in total. The van der Waals surface area contributed by atoms with E-state index in [1.807, 2.05) is 36.4 Å². The van der Waals surface area contributed by atoms with E-state index in [9.17, 15) is 8.42 Å². The fourth-order valence-corrected chi connectivity index (χ4v) is 5.23. The fraction of sp³-hybridized carbons (Fsp3) is 0.400. The maximum atomic E-state index is 12.9. The molecule has 3 rings (SSSR count). The Hall–Kier alpha value is -1.85. The highest BCUT2D eigenvalue weighted by molar-refractivity contribution is 7.89. The molecule has 0 saturated carbocycles. The third-order valence-corrected chi connectivity index (χ3v) is 6.60. The van der Waals surface area contributed by atoms with Gasteiger partial charge in [-0.25, -0.2) is 8.42 Å². The van der Waals surface area contributed by atoms with Crippen LogP contribution in [0.2, 0.25) is 0 Å². The number of sulfonamides is 1. The largest absolute Gasteiger partial charge is 0.497 e. The van der Waals surface area contributed by atoms with Gasteiger partial charge in [0.25, 0.3) is 0 Å². The predicted octanol–water partition coefficient (Wildman–Crippen LogP) is 4.03. The molecule has 5 heteroatoms. The second-order valence-electron chi connectivity index (χ2n) is 7.02. The highest BCUT2D eigenvalue weighted by Gasteiger charge is 2.31. The van der Waals surface area contributed by atoms with Crippen molar-refractivity contribution in [3.05, 3.63) is 48.5 Å². The van der Waals surface area contributed by atoms with Crippen LogP contribution in [0.3, 0.4) is 0 Å². The van der Waals surface area contributed by atoms with Crippen LogP contribution in [0, 0.1) is 11.8 Å². The summed E-state index contributed by atoms with van der Waals surface area (Å²) in [4.78, 5) is 0.367. The van der Waals surface area contributed by atoms with Gasteiger partial charge in [-0.15, -0.1) is 0 Å². The molecule has 2 atom stereocenters. The van der Waals surface area contributed by atoms with Crippen molar-refractivity contribution in [2.45, 2.75) is 25.2 Å². The van der Waals surface area contributed by atoms with Crippen molar-refractivity contribution in [1.82, 2.24) is 4.31 Å². The van der Waals surface area contributed by atoms with Crippen molar-refractivity contribution < 1.29 is 13.2 Å². The molecule has 0 aromatic heterocycles. The van der Waals surface area contributed by atoms with Gasteiger partial charge in [0.15, 0.2) is 0 Å². The Labute approximate surface area is 150 Å². The third kappa shape index (κ3) is 3.88. The van der Waals surface area contributed by atoms with Crippen molar-refractivity contribution in [3.63, 3.8) is 0 Å². The molecule has 2 aromatic rings. The van der Waals surface area contributed by atoms with Crippen molar-refractivity contribution in [2.75, 3.05) is 20.2 Å². The summed E-state index contributed by atoms with van der Waals surface area (Å²) in [6, 6.07) is 14.9. The molecule has 0 amide bonds. The lowest BCUT2D eigenvalue weighted by Gasteiger charge is -2.34. The highest BCUT2D eigenvalue weighted by Crippen LogP contribution is 2.28. The highest BCUT2D eigenvalue weighted by atomic mass is 32.2. The molecule has 1 aliphatic heterocycles. The van der Waals surface area contributed by atoms with E-state index in [4.69, 9.17) is 4.74 Å². The monoisotopic (exact) mass is 359 g/mol. The molecule has 0 aliphatic carbocycles. The molecule has 1 aliphatic rings. The normalized spacial score (nSPS) is 21.9. The van der Waals surface area contributed by atoms with E-state index in [0.717, 1.165) is 23.3 Å². The van der Waals surface area contributed by atoms with Gasteiger partial charge >= 0.3 is 0 Å². The van der Waals surface area contributed by atoms with Crippen molar-refractivity contribution in [2.24, 2.45) is 11.8 Å². The minimum Gasteiger partial charge on any atom is -0.497 e. The topological polar surface area (TPSA) is 46.6 Å². The number of nitrogens with zero attached hydrogens (tertiary/aromatic N) is 1. The average molecular weight is 359 g/mol. The zero-order chi connectivity index (χ0) is 18.0. The lowest BCUT2D eigenvalue weighted by molar-refractivity contribution is 0.222. The lowest BCUT2D eigenvalue weighted by atomic mass is 9.94. The quantitative estimate of drug-likeness (QED) is 0.828. The number of hydrogen-bond acceptors (Lipinski definition) is 3. The van der Waals surface area contributed by atoms with Crippen LogP contribution in [-0.2, 0) is 10.0 Å². The maximum absolute atomic E-state index is 12.9. The van der Waals surface area contributed by atoms with E-state index in [1.54, 1.807) is 23.5 Å². The zero-order valence-electron chi connectivity index (χ0n) is 15.0. The number of rotatable bonds is 4. The first-order valence-electron chi connectivity index (χ1n) is 8.65. The summed E-state index contributed by atoms with van der Waals surface area (Å²) in [6.07, 6.45) is 1.09. The number of hydrogen-bond donors (Lipinski definition) is 0. The molecule has 2 unspecified atom stereocenters. The number of ether oxygens (including phenoxy) is 1. The van der Waals surface area contributed by atoms with Crippen LogP contribution in [0.4, 0.5) is 0 Å². The molecular weight excluding hydrogens is 334 g/mol. The molecule has 134 valence electrons. The van der Waals surface area contributed by atoms with E-state index in [1.165, 1.54) is 0 Å². The molecule has 1 saturated heterocycles. The Balaban J connectivity index is 1.83. The summed E-state index contributed by atoms with van der Waals surface area (Å²) in [5, 5.41) is 0. The smallest absolute Gasteiger partial charge is 0.243 e. The number of methoxy groups -OCH3 is 1. The van der Waals surface area contributed by atoms with Crippen LogP contribution in [0.15, 0.2) is 53.4 Å². The van der Waals surface area contributed by atoms with Crippen molar-refractivity contribution >= 4 is 10.0 Å². The first-order chi connectivity index (χ1) is 11.9. The Bertz CT molecular complexity index is 803. The van der Waals surface area contributed by atoms with Crippen LogP contribution >= 0.6 is 0 Å². The van der Waals surface area contributed by atoms with E-state index in [0.29, 0.717) is 29.8 Å². The average Bonchev–Trinajstić information content (AvgIpc) is 2.61. The SMILES string of the molecule is COc1ccc(-c2ccc(S(=O)(=O)N3CC(C)CC(C)C3)cc2)cc1. The van der Waals surface area contributed by atoms with Gasteiger partial charge in [0.05, 0.1) is 12.0 Å². The van der Waals surface area contributed by atoms with Crippen LogP contribution in [-0.4, -0.2) is 32.9 Å². The number of piperidine rings is 1. The first kappa shape index (κ1) is 18.0. The van der Waals surface area contributed by atoms with Gasteiger partial charge in [-0.2, -0.15) is 4.31 Å². The Morgan fingerprint density at radius 3 is 1.84 bits per heavy atom. The molecule has 0 N–H and O–H groups in total. The van der Waals surface area contributed by atoms with Crippen LogP contribution in [0.5, 0.6) is 5.75 Å². The Morgan fingerprint density at radius 1 is 0.880 bits per heavy atom. The molecular formula is C20H25NO3S. The van der Waals surface area contributed by atoms with E-state index >= 15 is 0 Å². The molecule has 0 bridgehead atoms. The van der Waals surface area contributed by atoms with Gasteiger partial charge in [0, 0.05) is 13.1 Å². The Kier molecular flexibility index (Phi) is 5.16. The third-order valence-electron chi connectivity index (χ3n) is 4.75. The summed E-state index contributed by atoms with van der Waals surface area (Å²) >= 11 is 0. The van der Waals surface area contributed by atoms with Gasteiger partial charge in [0.1, 0.15) is 5.75 Å². The lowest BCUT2D eigenvalue weighted by Crippen LogP contribution is -2.42. The zero-order valence-corrected chi connectivity index (χ0v) is 15.8. The molecule has 2 aromatic carbocycles. The molecule has 25 heavy (non-hydrogen) atoms. The summed E-state index contributed by atoms with van der Waals surface area (Å²) < 4.78 is 32.6. The van der Waals surface area contributed by atoms with E-state index in [2.05, 4.69) is 13.8 Å². The molecule has 0 spiro atoms. The van der Waals surface area contributed by atoms with E-state index < -0.39 is 10.0 Å². The minimum absolute atomic E-state index is 0.367. The summed E-state index contributed by atoms with van der Waals surface area (Å²) in [7, 11) is -1.79. The number of benzene rings is 2. The fourth-order valence-electron chi connectivity index (χ4n) is 3.55. The van der Waals surface area contributed by atoms with E-state index in [-0.39, 0.29) is 0 Å². The van der Waals surface area contributed by atoms with Gasteiger partial charge < -0.3 is 4.74 Å². The first-order valence-corrected chi connectivity index (χ1v) is 10.1. The molecule has 0 radical (unpaired) electrons. The van der Waals surface area contributed by atoms with Gasteiger partial charge in [0.2, 0.25) is 10.0 Å². The summed E-state index contributed by atoms with van der Waals surface area (Å²) in [5.74, 6) is 1.60. The second kappa shape index (κ2) is 7.18. The second-order valence-corrected chi connectivity index (χ2v) is 8.96. The van der Waals surface area contributed by atoms with Crippen LogP contribution in [0.25, 0.3) is 11.1 Å². The summed E-state index contributed by atoms with van der Waals surface area (Å²) in [6.45, 7) is 5.44. The molecule has 1 fully saturated rings. The van der Waals surface area contributed by atoms with Crippen molar-refractivity contribution in [1.29, 1.82) is 0 Å².